The second-order valence-corrected chi connectivity index (χ2v) is 3.48. The normalized spacial score (nSPS) is 14.7. The van der Waals surface area contributed by atoms with Crippen LogP contribution in [-0.2, 0) is 0 Å². The Morgan fingerprint density at radius 1 is 1.53 bits per heavy atom. The van der Waals surface area contributed by atoms with Crippen LogP contribution in [0.4, 0.5) is 0 Å². The predicted molar refractivity (Wildman–Crippen MR) is 55.9 cm³/mol. The molecule has 4 nitrogen and oxygen atoms in total. The molecule has 0 aliphatic heterocycles. The summed E-state index contributed by atoms with van der Waals surface area (Å²) >= 11 is 5.39. The van der Waals surface area contributed by atoms with Crippen LogP contribution in [0.3, 0.4) is 0 Å². The Labute approximate surface area is 92.5 Å². The first-order chi connectivity index (χ1) is 7.06. The number of rotatable bonds is 4. The largest absolute Gasteiger partial charge is 0.389 e. The number of carbonyl (C=O) groups excluding carboxylic acids is 1. The molecule has 2 N–H and O–H groups in total. The first-order valence-corrected chi connectivity index (χ1v) is 4.99. The number of hydrogen-bond donors (Lipinski definition) is 2. The van der Waals surface area contributed by atoms with E-state index in [4.69, 9.17) is 11.6 Å². The number of aliphatic hydroxyl groups is 2. The fraction of sp³-hybridized carbons (Fsp3) is 0.400. The van der Waals surface area contributed by atoms with Gasteiger partial charge < -0.3 is 10.2 Å². The van der Waals surface area contributed by atoms with Gasteiger partial charge in [0.25, 0.3) is 0 Å². The van der Waals surface area contributed by atoms with Crippen LogP contribution in [0.1, 0.15) is 29.2 Å². The van der Waals surface area contributed by atoms with Gasteiger partial charge in [-0.25, -0.2) is 4.98 Å². The van der Waals surface area contributed by atoms with Crippen molar-refractivity contribution in [3.8, 4) is 0 Å². The van der Waals surface area contributed by atoms with Crippen molar-refractivity contribution in [1.29, 1.82) is 0 Å². The number of ketones is 1. The van der Waals surface area contributed by atoms with Gasteiger partial charge in [0.05, 0.1) is 17.7 Å². The van der Waals surface area contributed by atoms with E-state index < -0.39 is 12.2 Å². The molecule has 2 unspecified atom stereocenters. The van der Waals surface area contributed by atoms with Crippen LogP contribution in [-0.4, -0.2) is 33.0 Å². The van der Waals surface area contributed by atoms with Gasteiger partial charge >= 0.3 is 0 Å². The van der Waals surface area contributed by atoms with Crippen molar-refractivity contribution >= 4 is 17.4 Å². The smallest absolute Gasteiger partial charge is 0.178 e. The molecule has 0 aliphatic rings. The summed E-state index contributed by atoms with van der Waals surface area (Å²) in [5.74, 6) is -0.280. The molecule has 0 fully saturated rings. The molecule has 1 rings (SSSR count). The highest BCUT2D eigenvalue weighted by molar-refractivity contribution is 6.18. The molecule has 2 atom stereocenters. The molecule has 1 aromatic heterocycles. The predicted octanol–water partition coefficient (Wildman–Crippen LogP) is 0.917. The standard InChI is InChI=1S/C10H12ClNO3/c1-6(13)7-3-2-4-8(12-7)10(15)9(14)5-11/h2-4,9-10,14-15H,5H2,1H3. The number of carbonyl (C=O) groups is 1. The quantitative estimate of drug-likeness (QED) is 0.595. The summed E-state index contributed by atoms with van der Waals surface area (Å²) in [6, 6.07) is 4.68. The second kappa shape index (κ2) is 5.21. The van der Waals surface area contributed by atoms with E-state index in [9.17, 15) is 15.0 Å². The van der Waals surface area contributed by atoms with Gasteiger partial charge in [0.15, 0.2) is 5.78 Å². The van der Waals surface area contributed by atoms with Gasteiger partial charge in [0, 0.05) is 6.92 Å². The molecule has 5 heteroatoms. The van der Waals surface area contributed by atoms with E-state index in [1.807, 2.05) is 0 Å². The van der Waals surface area contributed by atoms with Crippen LogP contribution < -0.4 is 0 Å². The van der Waals surface area contributed by atoms with Crippen molar-refractivity contribution in [1.82, 2.24) is 4.98 Å². The molecule has 0 radical (unpaired) electrons. The van der Waals surface area contributed by atoms with Gasteiger partial charge in [-0.2, -0.15) is 0 Å². The Morgan fingerprint density at radius 3 is 2.73 bits per heavy atom. The number of nitrogens with zero attached hydrogens (tertiary/aromatic N) is 1. The topological polar surface area (TPSA) is 70.4 Å². The van der Waals surface area contributed by atoms with Crippen LogP contribution in [0.2, 0.25) is 0 Å². The van der Waals surface area contributed by atoms with Crippen LogP contribution >= 0.6 is 11.6 Å². The van der Waals surface area contributed by atoms with Crippen LogP contribution in [0.25, 0.3) is 0 Å². The Morgan fingerprint density at radius 2 is 2.20 bits per heavy atom. The van der Waals surface area contributed by atoms with E-state index in [0.717, 1.165) is 0 Å². The highest BCUT2D eigenvalue weighted by Crippen LogP contribution is 2.16. The van der Waals surface area contributed by atoms with Crippen LogP contribution in [0.15, 0.2) is 18.2 Å². The third-order valence-corrected chi connectivity index (χ3v) is 2.27. The van der Waals surface area contributed by atoms with Gasteiger partial charge in [-0.3, -0.25) is 4.79 Å². The average Bonchev–Trinajstić information content (AvgIpc) is 2.27. The maximum atomic E-state index is 11.0. The van der Waals surface area contributed by atoms with Crippen molar-refractivity contribution in [3.63, 3.8) is 0 Å². The zero-order valence-electron chi connectivity index (χ0n) is 8.22. The highest BCUT2D eigenvalue weighted by Gasteiger charge is 2.19. The van der Waals surface area contributed by atoms with Gasteiger partial charge in [-0.1, -0.05) is 6.07 Å². The Bertz CT molecular complexity index is 356. The Kier molecular flexibility index (Phi) is 4.20. The number of hydrogen-bond acceptors (Lipinski definition) is 4. The molecule has 0 aromatic carbocycles. The third kappa shape index (κ3) is 2.99. The Balaban J connectivity index is 2.94. The summed E-state index contributed by atoms with van der Waals surface area (Å²) in [5, 5.41) is 18.9. The summed E-state index contributed by atoms with van der Waals surface area (Å²) in [5.41, 5.74) is 0.504. The molecule has 1 heterocycles. The van der Waals surface area contributed by atoms with E-state index in [1.165, 1.54) is 13.0 Å². The lowest BCUT2D eigenvalue weighted by Crippen LogP contribution is -2.21. The van der Waals surface area contributed by atoms with Crippen molar-refractivity contribution in [2.75, 3.05) is 5.88 Å². The first kappa shape index (κ1) is 12.1. The summed E-state index contributed by atoms with van der Waals surface area (Å²) in [4.78, 5) is 14.9. The fourth-order valence-electron chi connectivity index (χ4n) is 1.09. The number of Topliss-reactive ketones (excluding diaryl/α,β-unsaturated/α-hetero) is 1. The summed E-state index contributed by atoms with van der Waals surface area (Å²) in [7, 11) is 0. The van der Waals surface area contributed by atoms with E-state index in [-0.39, 0.29) is 23.1 Å². The summed E-state index contributed by atoms with van der Waals surface area (Å²) in [6.45, 7) is 1.39. The molecular weight excluding hydrogens is 218 g/mol. The monoisotopic (exact) mass is 229 g/mol. The molecule has 0 spiro atoms. The molecular formula is C10H12ClNO3. The first-order valence-electron chi connectivity index (χ1n) is 4.46. The van der Waals surface area contributed by atoms with Gasteiger partial charge in [-0.15, -0.1) is 11.6 Å². The van der Waals surface area contributed by atoms with Crippen LogP contribution in [0.5, 0.6) is 0 Å². The maximum Gasteiger partial charge on any atom is 0.178 e. The molecule has 1 aromatic rings. The molecule has 82 valence electrons. The number of aromatic nitrogens is 1. The van der Waals surface area contributed by atoms with Crippen molar-refractivity contribution < 1.29 is 15.0 Å². The van der Waals surface area contributed by atoms with Gasteiger partial charge in [0.1, 0.15) is 11.8 Å². The molecule has 0 saturated carbocycles. The van der Waals surface area contributed by atoms with Gasteiger partial charge in [-0.05, 0) is 12.1 Å². The Hall–Kier alpha value is -0.970. The lowest BCUT2D eigenvalue weighted by atomic mass is 10.1. The minimum Gasteiger partial charge on any atom is -0.389 e. The van der Waals surface area contributed by atoms with E-state index >= 15 is 0 Å². The number of alkyl halides is 1. The zero-order valence-corrected chi connectivity index (χ0v) is 8.98. The average molecular weight is 230 g/mol. The lowest BCUT2D eigenvalue weighted by molar-refractivity contribution is 0.0299. The molecule has 0 aliphatic carbocycles. The van der Waals surface area contributed by atoms with Crippen molar-refractivity contribution in [2.24, 2.45) is 0 Å². The summed E-state index contributed by atoms with van der Waals surface area (Å²) in [6.07, 6.45) is -2.25. The molecule has 0 bridgehead atoms. The SMILES string of the molecule is CC(=O)c1cccc(C(O)C(O)CCl)n1. The maximum absolute atomic E-state index is 11.0. The fourth-order valence-corrected chi connectivity index (χ4v) is 1.26. The third-order valence-electron chi connectivity index (χ3n) is 1.96. The number of pyridine rings is 1. The zero-order chi connectivity index (χ0) is 11.4. The molecule has 0 saturated heterocycles. The van der Waals surface area contributed by atoms with Gasteiger partial charge in [0.2, 0.25) is 0 Å². The highest BCUT2D eigenvalue weighted by atomic mass is 35.5. The lowest BCUT2D eigenvalue weighted by Gasteiger charge is -2.14. The van der Waals surface area contributed by atoms with E-state index in [0.29, 0.717) is 0 Å². The second-order valence-electron chi connectivity index (χ2n) is 3.17. The number of aliphatic hydroxyl groups excluding tert-OH is 2. The minimum absolute atomic E-state index is 0.0901. The summed E-state index contributed by atoms with van der Waals surface area (Å²) < 4.78 is 0. The van der Waals surface area contributed by atoms with Crippen LogP contribution in [0, 0.1) is 0 Å². The van der Waals surface area contributed by atoms with Crippen molar-refractivity contribution in [3.05, 3.63) is 29.6 Å². The molecule has 15 heavy (non-hydrogen) atoms. The minimum atomic E-state index is -1.17. The molecule has 0 amide bonds. The van der Waals surface area contributed by atoms with Crippen molar-refractivity contribution in [2.45, 2.75) is 19.1 Å². The van der Waals surface area contributed by atoms with E-state index in [1.54, 1.807) is 12.1 Å². The number of halogens is 1. The van der Waals surface area contributed by atoms with E-state index in [2.05, 4.69) is 4.98 Å².